The molecule has 10 heavy (non-hydrogen) atoms. The number of hydrogen-bond acceptors (Lipinski definition) is 3. The third-order valence-electron chi connectivity index (χ3n) is 0.579. The Hall–Kier alpha value is -1.24. The van der Waals surface area contributed by atoms with E-state index in [0.717, 1.165) is 6.20 Å². The first-order valence-corrected chi connectivity index (χ1v) is 2.88. The Bertz CT molecular complexity index is 173. The first-order chi connectivity index (χ1) is 4.45. The molecule has 0 fully saturated rings. The number of hydrogen-bond donors (Lipinski definition) is 1. The van der Waals surface area contributed by atoms with E-state index in [2.05, 4.69) is 4.98 Å². The minimum absolute atomic E-state index is 0.394. The molecule has 0 saturated carbocycles. The molecule has 0 rings (SSSR count). The average molecular weight is 143 g/mol. The van der Waals surface area contributed by atoms with Gasteiger partial charge in [-0.3, -0.25) is 0 Å². The molecule has 0 aliphatic carbocycles. The molecule has 4 heteroatoms. The topological polar surface area (TPSA) is 57.6 Å². The minimum Gasteiger partial charge on any atom is -0.476 e. The van der Waals surface area contributed by atoms with Gasteiger partial charge in [0.05, 0.1) is 0 Å². The highest BCUT2D eigenvalue weighted by Gasteiger charge is 2.14. The number of ether oxygens (including phenoxy) is 1. The number of aliphatic hydroxyl groups is 1. The van der Waals surface area contributed by atoms with Gasteiger partial charge in [0.25, 0.3) is 0 Å². The van der Waals surface area contributed by atoms with E-state index in [9.17, 15) is 0 Å². The third-order valence-corrected chi connectivity index (χ3v) is 0.579. The van der Waals surface area contributed by atoms with Gasteiger partial charge in [0.2, 0.25) is 5.39 Å². The van der Waals surface area contributed by atoms with E-state index in [4.69, 9.17) is 15.2 Å². The molecule has 0 radical (unpaired) electrons. The van der Waals surface area contributed by atoms with E-state index in [1.807, 2.05) is 0 Å². The Kier molecular flexibility index (Phi) is 2.68. The summed E-state index contributed by atoms with van der Waals surface area (Å²) in [6, 6.07) is 0. The number of diazo groups is 1. The summed E-state index contributed by atoms with van der Waals surface area (Å²) in [6.07, 6.45) is 0.825. The summed E-state index contributed by atoms with van der Waals surface area (Å²) in [4.78, 5) is 2.58. The zero-order valence-corrected chi connectivity index (χ0v) is 6.33. The number of nitrogens with zero attached hydrogens (tertiary/aromatic N) is 2. The summed E-state index contributed by atoms with van der Waals surface area (Å²) in [5, 5.41) is 16.7. The Morgan fingerprint density at radius 1 is 1.60 bits per heavy atom. The van der Waals surface area contributed by atoms with Crippen molar-refractivity contribution in [2.75, 3.05) is 0 Å². The van der Waals surface area contributed by atoms with Crippen LogP contribution >= 0.6 is 0 Å². The highest BCUT2D eigenvalue weighted by atomic mass is 16.6. The second kappa shape index (κ2) is 3.06. The molecule has 56 valence electrons. The first-order valence-electron chi connectivity index (χ1n) is 2.88. The van der Waals surface area contributed by atoms with Crippen molar-refractivity contribution in [2.45, 2.75) is 26.4 Å². The molecule has 0 aromatic carbocycles. The molecular weight excluding hydrogens is 132 g/mol. The molecule has 4 nitrogen and oxygen atoms in total. The second-order valence-electron chi connectivity index (χ2n) is 2.80. The monoisotopic (exact) mass is 143 g/mol. The fraction of sp³-hybridized carbons (Fsp3) is 0.667. The Morgan fingerprint density at radius 3 is 2.40 bits per heavy atom. The predicted octanol–water partition coefficient (Wildman–Crippen LogP) is 2.01. The van der Waals surface area contributed by atoms with Crippen molar-refractivity contribution < 1.29 is 9.84 Å². The lowest BCUT2D eigenvalue weighted by Gasteiger charge is -2.17. The molecule has 0 bridgehead atoms. The van der Waals surface area contributed by atoms with Crippen LogP contribution in [0.5, 0.6) is 0 Å². The van der Waals surface area contributed by atoms with Crippen molar-refractivity contribution >= 4 is 0 Å². The van der Waals surface area contributed by atoms with Crippen molar-refractivity contribution in [1.29, 1.82) is 5.39 Å². The summed E-state index contributed by atoms with van der Waals surface area (Å²) in [6.45, 7) is 5.32. The molecule has 0 atom stereocenters. The molecule has 0 aromatic rings. The van der Waals surface area contributed by atoms with Gasteiger partial charge in [-0.15, -0.1) is 0 Å². The van der Waals surface area contributed by atoms with E-state index in [1.165, 1.54) is 0 Å². The van der Waals surface area contributed by atoms with Gasteiger partial charge in [-0.1, -0.05) is 0 Å². The summed E-state index contributed by atoms with van der Waals surface area (Å²) in [7, 11) is 0. The molecule has 0 aliphatic rings. The quantitative estimate of drug-likeness (QED) is 0.451. The maximum atomic E-state index is 8.77. The van der Waals surface area contributed by atoms with Crippen LogP contribution in [0.3, 0.4) is 0 Å². The fourth-order valence-corrected chi connectivity index (χ4v) is 0.389. The SMILES string of the molecule is CC(C)(C)O/C(O)=C\[N+]#N. The fourth-order valence-electron chi connectivity index (χ4n) is 0.389. The zero-order chi connectivity index (χ0) is 8.20. The van der Waals surface area contributed by atoms with Crippen LogP contribution in [0.25, 0.3) is 4.98 Å². The minimum atomic E-state index is -0.467. The highest BCUT2D eigenvalue weighted by Crippen LogP contribution is 2.10. The van der Waals surface area contributed by atoms with Crippen LogP contribution in [0.1, 0.15) is 20.8 Å². The van der Waals surface area contributed by atoms with Gasteiger partial charge in [0.15, 0.2) is 4.98 Å². The van der Waals surface area contributed by atoms with Gasteiger partial charge in [0, 0.05) is 0 Å². The summed E-state index contributed by atoms with van der Waals surface area (Å²) < 4.78 is 4.84. The van der Waals surface area contributed by atoms with Crippen molar-refractivity contribution in [2.24, 2.45) is 0 Å². The maximum Gasteiger partial charge on any atom is 0.429 e. The van der Waals surface area contributed by atoms with Crippen molar-refractivity contribution in [3.05, 3.63) is 17.1 Å². The average Bonchev–Trinajstić information content (AvgIpc) is 1.59. The summed E-state index contributed by atoms with van der Waals surface area (Å²) >= 11 is 0. The maximum absolute atomic E-state index is 8.77. The van der Waals surface area contributed by atoms with Crippen LogP contribution in [-0.2, 0) is 4.74 Å². The van der Waals surface area contributed by atoms with Crippen LogP contribution < -0.4 is 0 Å². The molecule has 0 unspecified atom stereocenters. The van der Waals surface area contributed by atoms with Crippen molar-refractivity contribution in [3.8, 4) is 0 Å². The molecular formula is C6H11N2O2+. The van der Waals surface area contributed by atoms with Crippen LogP contribution in [0, 0.1) is 5.39 Å². The molecule has 0 aromatic heterocycles. The molecule has 0 aliphatic heterocycles. The van der Waals surface area contributed by atoms with Crippen LogP contribution in [0.15, 0.2) is 12.1 Å². The Balaban J connectivity index is 3.95. The van der Waals surface area contributed by atoms with E-state index in [0.29, 0.717) is 0 Å². The zero-order valence-electron chi connectivity index (χ0n) is 6.33. The van der Waals surface area contributed by atoms with Gasteiger partial charge in [0.1, 0.15) is 5.60 Å². The third kappa shape index (κ3) is 4.91. The van der Waals surface area contributed by atoms with E-state index >= 15 is 0 Å². The smallest absolute Gasteiger partial charge is 0.429 e. The first kappa shape index (κ1) is 8.76. The van der Waals surface area contributed by atoms with Crippen LogP contribution in [0.4, 0.5) is 0 Å². The largest absolute Gasteiger partial charge is 0.476 e. The molecule has 0 amide bonds. The normalized spacial score (nSPS) is 12.4. The van der Waals surface area contributed by atoms with Gasteiger partial charge < -0.3 is 9.84 Å². The number of rotatable bonds is 1. The summed E-state index contributed by atoms with van der Waals surface area (Å²) in [5.41, 5.74) is -0.467. The van der Waals surface area contributed by atoms with Gasteiger partial charge in [-0.2, -0.15) is 0 Å². The van der Waals surface area contributed by atoms with Crippen LogP contribution in [-0.4, -0.2) is 10.7 Å². The van der Waals surface area contributed by atoms with E-state index in [-0.39, 0.29) is 0 Å². The second-order valence-corrected chi connectivity index (χ2v) is 2.80. The molecule has 0 heterocycles. The van der Waals surface area contributed by atoms with E-state index in [1.54, 1.807) is 20.8 Å². The van der Waals surface area contributed by atoms with Gasteiger partial charge in [-0.05, 0) is 20.8 Å². The molecule has 1 N–H and O–H groups in total. The Labute approximate surface area is 59.7 Å². The van der Waals surface area contributed by atoms with E-state index < -0.39 is 11.5 Å². The summed E-state index contributed by atoms with van der Waals surface area (Å²) in [5.74, 6) is -0.394. The van der Waals surface area contributed by atoms with Crippen molar-refractivity contribution in [1.82, 2.24) is 0 Å². The van der Waals surface area contributed by atoms with Crippen molar-refractivity contribution in [3.63, 3.8) is 0 Å². The lowest BCUT2D eigenvalue weighted by molar-refractivity contribution is -0.0143. The molecule has 0 saturated heterocycles. The highest BCUT2D eigenvalue weighted by molar-refractivity contribution is 4.89. The van der Waals surface area contributed by atoms with Gasteiger partial charge >= 0.3 is 12.1 Å². The molecule has 0 spiro atoms. The lowest BCUT2D eigenvalue weighted by Crippen LogP contribution is -2.18. The lowest BCUT2D eigenvalue weighted by atomic mass is 10.2. The van der Waals surface area contributed by atoms with Crippen LogP contribution in [0.2, 0.25) is 0 Å². The standard InChI is InChI=1S/C6H10N2O2/c1-6(2,3)10-5(9)4-8-7/h4H,1-3H3/p+1/b5-4-. The predicted molar refractivity (Wildman–Crippen MR) is 36.6 cm³/mol. The Morgan fingerprint density at radius 2 is 2.10 bits per heavy atom. The number of aliphatic hydroxyl groups excluding tert-OH is 1. The van der Waals surface area contributed by atoms with Gasteiger partial charge in [-0.25, -0.2) is 0 Å².